The molecule has 0 spiro atoms. The zero-order valence-electron chi connectivity index (χ0n) is 12.1. The summed E-state index contributed by atoms with van der Waals surface area (Å²) in [6.07, 6.45) is 3.03. The molecule has 2 rings (SSSR count). The molecule has 116 valence electrons. The molecule has 0 aliphatic heterocycles. The molecule has 0 bridgehead atoms. The molecule has 21 heavy (non-hydrogen) atoms. The Hall–Kier alpha value is -1.59. The Labute approximate surface area is 131 Å². The largest absolute Gasteiger partial charge is 0.330 e. The Bertz CT molecular complexity index is 516. The van der Waals surface area contributed by atoms with E-state index < -0.39 is 0 Å². The van der Waals surface area contributed by atoms with Gasteiger partial charge in [0, 0.05) is 23.7 Å². The summed E-state index contributed by atoms with van der Waals surface area (Å²) >= 11 is 0. The number of hydrogen-bond donors (Lipinski definition) is 3. The van der Waals surface area contributed by atoms with E-state index in [1.165, 1.54) is 0 Å². The Morgan fingerprint density at radius 1 is 1.29 bits per heavy atom. The van der Waals surface area contributed by atoms with E-state index in [4.69, 9.17) is 5.73 Å². The van der Waals surface area contributed by atoms with Crippen LogP contribution in [0.1, 0.15) is 31.2 Å². The minimum Gasteiger partial charge on any atom is -0.330 e. The normalized spacial score (nSPS) is 13.2. The molecule has 0 radical (unpaired) electrons. The van der Waals surface area contributed by atoms with Gasteiger partial charge in [0.15, 0.2) is 0 Å². The lowest BCUT2D eigenvalue weighted by atomic mass is 10.1. The van der Waals surface area contributed by atoms with Crippen LogP contribution in [-0.4, -0.2) is 18.4 Å². The summed E-state index contributed by atoms with van der Waals surface area (Å²) in [7, 11) is 0. The molecule has 0 aromatic heterocycles. The number of halogens is 1. The van der Waals surface area contributed by atoms with E-state index in [1.54, 1.807) is 6.07 Å². The van der Waals surface area contributed by atoms with E-state index in [0.717, 1.165) is 29.8 Å². The predicted octanol–water partition coefficient (Wildman–Crippen LogP) is 2.44. The first-order valence-electron chi connectivity index (χ1n) is 7.01. The van der Waals surface area contributed by atoms with Crippen LogP contribution in [0.4, 0.5) is 11.4 Å². The van der Waals surface area contributed by atoms with Gasteiger partial charge in [0.25, 0.3) is 0 Å². The summed E-state index contributed by atoms with van der Waals surface area (Å²) in [5.74, 6) is 0.178. The Kier molecular flexibility index (Phi) is 6.65. The maximum Gasteiger partial charge on any atom is 0.227 e. The molecular formula is C15H22ClN3O2. The predicted molar refractivity (Wildman–Crippen MR) is 86.7 cm³/mol. The molecule has 1 aliphatic rings. The quantitative estimate of drug-likeness (QED) is 0.754. The van der Waals surface area contributed by atoms with Gasteiger partial charge in [-0.05, 0) is 50.4 Å². The van der Waals surface area contributed by atoms with Gasteiger partial charge in [0.05, 0.1) is 0 Å². The highest BCUT2D eigenvalue weighted by Gasteiger charge is 2.29. The van der Waals surface area contributed by atoms with Gasteiger partial charge in [-0.15, -0.1) is 12.4 Å². The molecule has 6 heteroatoms. The van der Waals surface area contributed by atoms with Gasteiger partial charge in [-0.1, -0.05) is 6.07 Å². The zero-order valence-corrected chi connectivity index (χ0v) is 13.0. The van der Waals surface area contributed by atoms with Crippen molar-refractivity contribution in [2.45, 2.75) is 32.6 Å². The SMILES string of the molecule is Cc1ccc(NC(=O)C2CC2)cc1NC(=O)CCCN.Cl. The van der Waals surface area contributed by atoms with E-state index in [2.05, 4.69) is 10.6 Å². The highest BCUT2D eigenvalue weighted by atomic mass is 35.5. The van der Waals surface area contributed by atoms with Crippen molar-refractivity contribution >= 4 is 35.6 Å². The van der Waals surface area contributed by atoms with Gasteiger partial charge in [0.2, 0.25) is 11.8 Å². The Balaban J connectivity index is 0.00000220. The minimum absolute atomic E-state index is 0. The van der Waals surface area contributed by atoms with Crippen molar-refractivity contribution in [1.29, 1.82) is 0 Å². The fraction of sp³-hybridized carbons (Fsp3) is 0.467. The van der Waals surface area contributed by atoms with Gasteiger partial charge >= 0.3 is 0 Å². The third-order valence-electron chi connectivity index (χ3n) is 3.34. The number of anilines is 2. The van der Waals surface area contributed by atoms with Crippen molar-refractivity contribution in [3.63, 3.8) is 0 Å². The van der Waals surface area contributed by atoms with Gasteiger partial charge < -0.3 is 16.4 Å². The Morgan fingerprint density at radius 3 is 2.62 bits per heavy atom. The molecule has 1 aliphatic carbocycles. The smallest absolute Gasteiger partial charge is 0.227 e. The molecule has 0 atom stereocenters. The number of amides is 2. The van der Waals surface area contributed by atoms with Crippen molar-refractivity contribution in [1.82, 2.24) is 0 Å². The lowest BCUT2D eigenvalue weighted by Gasteiger charge is -2.11. The summed E-state index contributed by atoms with van der Waals surface area (Å²) in [5.41, 5.74) is 7.81. The highest BCUT2D eigenvalue weighted by Crippen LogP contribution is 2.30. The molecule has 0 unspecified atom stereocenters. The lowest BCUT2D eigenvalue weighted by molar-refractivity contribution is -0.117. The zero-order chi connectivity index (χ0) is 14.5. The topological polar surface area (TPSA) is 84.2 Å². The summed E-state index contributed by atoms with van der Waals surface area (Å²) in [5, 5.41) is 5.74. The Morgan fingerprint density at radius 2 is 2.00 bits per heavy atom. The monoisotopic (exact) mass is 311 g/mol. The first-order valence-corrected chi connectivity index (χ1v) is 7.01. The molecule has 1 aromatic rings. The summed E-state index contributed by atoms with van der Waals surface area (Å²) < 4.78 is 0. The number of rotatable bonds is 6. The fourth-order valence-electron chi connectivity index (χ4n) is 1.90. The fourth-order valence-corrected chi connectivity index (χ4v) is 1.90. The number of hydrogen-bond acceptors (Lipinski definition) is 3. The number of nitrogens with two attached hydrogens (primary N) is 1. The molecule has 5 nitrogen and oxygen atoms in total. The van der Waals surface area contributed by atoms with Crippen LogP contribution in [0, 0.1) is 12.8 Å². The van der Waals surface area contributed by atoms with Crippen molar-refractivity contribution in [3.8, 4) is 0 Å². The van der Waals surface area contributed by atoms with Crippen LogP contribution in [0.2, 0.25) is 0 Å². The second kappa shape index (κ2) is 8.00. The average molecular weight is 312 g/mol. The first kappa shape index (κ1) is 17.5. The van der Waals surface area contributed by atoms with Crippen LogP contribution in [0.3, 0.4) is 0 Å². The van der Waals surface area contributed by atoms with Crippen LogP contribution in [-0.2, 0) is 9.59 Å². The molecule has 2 amide bonds. The highest BCUT2D eigenvalue weighted by molar-refractivity contribution is 5.96. The van der Waals surface area contributed by atoms with E-state index >= 15 is 0 Å². The maximum atomic E-state index is 11.7. The lowest BCUT2D eigenvalue weighted by Crippen LogP contribution is -2.16. The maximum absolute atomic E-state index is 11.7. The number of nitrogens with one attached hydrogen (secondary N) is 2. The molecule has 1 fully saturated rings. The van der Waals surface area contributed by atoms with Crippen molar-refractivity contribution in [3.05, 3.63) is 23.8 Å². The standard InChI is InChI=1S/C15H21N3O2.ClH/c1-10-4-7-12(17-15(20)11-5-6-11)9-13(10)18-14(19)3-2-8-16;/h4,7,9,11H,2-3,5-6,8,16H2,1H3,(H,17,20)(H,18,19);1H. The van der Waals surface area contributed by atoms with E-state index in [9.17, 15) is 9.59 Å². The molecular weight excluding hydrogens is 290 g/mol. The van der Waals surface area contributed by atoms with Crippen LogP contribution >= 0.6 is 12.4 Å². The average Bonchev–Trinajstić information content (AvgIpc) is 3.24. The number of carbonyl (C=O) groups excluding carboxylic acids is 2. The van der Waals surface area contributed by atoms with Crippen LogP contribution in [0.15, 0.2) is 18.2 Å². The van der Waals surface area contributed by atoms with Gasteiger partial charge in [-0.2, -0.15) is 0 Å². The van der Waals surface area contributed by atoms with Gasteiger partial charge in [0.1, 0.15) is 0 Å². The molecule has 4 N–H and O–H groups in total. The van der Waals surface area contributed by atoms with Crippen molar-refractivity contribution in [2.24, 2.45) is 11.7 Å². The van der Waals surface area contributed by atoms with Crippen LogP contribution in [0.5, 0.6) is 0 Å². The van der Waals surface area contributed by atoms with Crippen LogP contribution in [0.25, 0.3) is 0 Å². The summed E-state index contributed by atoms with van der Waals surface area (Å²) in [4.78, 5) is 23.4. The number of carbonyl (C=O) groups is 2. The second-order valence-electron chi connectivity index (χ2n) is 5.23. The van der Waals surface area contributed by atoms with Crippen molar-refractivity contribution < 1.29 is 9.59 Å². The van der Waals surface area contributed by atoms with E-state index in [-0.39, 0.29) is 30.1 Å². The molecule has 0 saturated heterocycles. The first-order chi connectivity index (χ1) is 9.60. The summed E-state index contributed by atoms with van der Waals surface area (Å²) in [6, 6.07) is 5.54. The third-order valence-corrected chi connectivity index (χ3v) is 3.34. The van der Waals surface area contributed by atoms with Crippen LogP contribution < -0.4 is 16.4 Å². The third kappa shape index (κ3) is 5.36. The molecule has 1 saturated carbocycles. The van der Waals surface area contributed by atoms with E-state index in [0.29, 0.717) is 19.4 Å². The minimum atomic E-state index is -0.0516. The van der Waals surface area contributed by atoms with Crippen molar-refractivity contribution in [2.75, 3.05) is 17.2 Å². The molecule has 1 aromatic carbocycles. The number of aryl methyl sites for hydroxylation is 1. The number of benzene rings is 1. The van der Waals surface area contributed by atoms with Gasteiger partial charge in [-0.25, -0.2) is 0 Å². The molecule has 0 heterocycles. The van der Waals surface area contributed by atoms with E-state index in [1.807, 2.05) is 19.1 Å². The second-order valence-corrected chi connectivity index (χ2v) is 5.23. The summed E-state index contributed by atoms with van der Waals surface area (Å²) in [6.45, 7) is 2.43. The van der Waals surface area contributed by atoms with Gasteiger partial charge in [-0.3, -0.25) is 9.59 Å².